The summed E-state index contributed by atoms with van der Waals surface area (Å²) in [5.74, 6) is 2.55. The first-order valence-electron chi connectivity index (χ1n) is 11.6. The number of hydrogen-bond donors (Lipinski definition) is 0. The van der Waals surface area contributed by atoms with Crippen LogP contribution >= 0.6 is 0 Å². The van der Waals surface area contributed by atoms with Crippen molar-refractivity contribution >= 4 is 5.97 Å². The molecule has 0 unspecified atom stereocenters. The first kappa shape index (κ1) is 22.7. The molecule has 2 aliphatic heterocycles. The molecule has 2 aromatic carbocycles. The van der Waals surface area contributed by atoms with Crippen molar-refractivity contribution in [2.45, 2.75) is 64.9 Å². The number of rotatable bonds is 5. The van der Waals surface area contributed by atoms with Gasteiger partial charge in [-0.15, -0.1) is 0 Å². The molecule has 2 heterocycles. The highest BCUT2D eigenvalue weighted by Gasteiger charge is 2.43. The maximum atomic E-state index is 12.0. The lowest BCUT2D eigenvalue weighted by atomic mass is 9.74. The van der Waals surface area contributed by atoms with Gasteiger partial charge in [-0.05, 0) is 77.7 Å². The fourth-order valence-corrected chi connectivity index (χ4v) is 4.76. The van der Waals surface area contributed by atoms with Crippen molar-refractivity contribution in [1.29, 1.82) is 0 Å². The van der Waals surface area contributed by atoms with Gasteiger partial charge in [0.2, 0.25) is 0 Å². The summed E-state index contributed by atoms with van der Waals surface area (Å²) in [6.45, 7) is 13.3. The Kier molecular flexibility index (Phi) is 6.22. The van der Waals surface area contributed by atoms with Crippen molar-refractivity contribution in [2.24, 2.45) is 0 Å². The molecule has 0 aromatic heterocycles. The van der Waals surface area contributed by atoms with Crippen LogP contribution < -0.4 is 9.47 Å². The fraction of sp³-hybridized carbons (Fsp3) is 0.519. The van der Waals surface area contributed by atoms with Gasteiger partial charge in [0, 0.05) is 23.6 Å². The van der Waals surface area contributed by atoms with E-state index in [2.05, 4.69) is 43.0 Å². The van der Waals surface area contributed by atoms with Gasteiger partial charge in [-0.2, -0.15) is 0 Å². The normalized spacial score (nSPS) is 17.7. The Hall–Kier alpha value is -2.53. The Bertz CT molecular complexity index is 963. The number of benzene rings is 2. The van der Waals surface area contributed by atoms with Crippen LogP contribution in [0.5, 0.6) is 17.2 Å². The summed E-state index contributed by atoms with van der Waals surface area (Å²) in [6.07, 6.45) is 2.51. The molecule has 172 valence electrons. The summed E-state index contributed by atoms with van der Waals surface area (Å²) in [7, 11) is 0. The van der Waals surface area contributed by atoms with E-state index in [1.165, 1.54) is 5.56 Å². The highest BCUT2D eigenvalue weighted by molar-refractivity contribution is 5.70. The van der Waals surface area contributed by atoms with Crippen LogP contribution in [0.3, 0.4) is 0 Å². The third-order valence-electron chi connectivity index (χ3n) is 6.52. The number of esters is 1. The molecule has 1 saturated heterocycles. The molecule has 0 bridgehead atoms. The minimum atomic E-state index is -0.422. The summed E-state index contributed by atoms with van der Waals surface area (Å²) < 4.78 is 17.8. The highest BCUT2D eigenvalue weighted by atomic mass is 16.6. The molecule has 0 amide bonds. The molecule has 0 aliphatic carbocycles. The van der Waals surface area contributed by atoms with Gasteiger partial charge in [0.1, 0.15) is 22.8 Å². The number of aryl methyl sites for hydroxylation is 2. The summed E-state index contributed by atoms with van der Waals surface area (Å²) in [6, 6.07) is 12.5. The number of para-hydroxylation sites is 1. The molecular formula is C27H35NO4. The Morgan fingerprint density at radius 1 is 1.09 bits per heavy atom. The second kappa shape index (κ2) is 8.78. The molecular weight excluding hydrogens is 402 g/mol. The quantitative estimate of drug-likeness (QED) is 0.574. The minimum Gasteiger partial charge on any atom is -0.492 e. The Morgan fingerprint density at radius 3 is 2.44 bits per heavy atom. The number of carbonyl (C=O) groups is 1. The van der Waals surface area contributed by atoms with Crippen molar-refractivity contribution in [1.82, 2.24) is 4.90 Å². The predicted molar refractivity (Wildman–Crippen MR) is 126 cm³/mol. The smallest absolute Gasteiger partial charge is 0.307 e. The topological polar surface area (TPSA) is 48.0 Å². The van der Waals surface area contributed by atoms with E-state index in [-0.39, 0.29) is 11.4 Å². The van der Waals surface area contributed by atoms with E-state index in [0.717, 1.165) is 67.5 Å². The molecule has 5 nitrogen and oxygen atoms in total. The largest absolute Gasteiger partial charge is 0.492 e. The van der Waals surface area contributed by atoms with E-state index in [1.807, 2.05) is 32.9 Å². The zero-order valence-electron chi connectivity index (χ0n) is 20.0. The van der Waals surface area contributed by atoms with Gasteiger partial charge < -0.3 is 19.1 Å². The van der Waals surface area contributed by atoms with Gasteiger partial charge in [-0.25, -0.2) is 0 Å². The van der Waals surface area contributed by atoms with Crippen LogP contribution in [0, 0.1) is 13.8 Å². The van der Waals surface area contributed by atoms with Crippen LogP contribution in [0.2, 0.25) is 0 Å². The lowest BCUT2D eigenvalue weighted by Crippen LogP contribution is -2.44. The lowest BCUT2D eigenvalue weighted by molar-refractivity contribution is -0.155. The van der Waals surface area contributed by atoms with E-state index < -0.39 is 5.60 Å². The number of hydrogen-bond acceptors (Lipinski definition) is 5. The fourth-order valence-electron chi connectivity index (χ4n) is 4.76. The Labute approximate surface area is 191 Å². The zero-order valence-corrected chi connectivity index (χ0v) is 20.0. The van der Waals surface area contributed by atoms with Crippen LogP contribution in [0.4, 0.5) is 0 Å². The third-order valence-corrected chi connectivity index (χ3v) is 6.52. The van der Waals surface area contributed by atoms with Gasteiger partial charge in [0.05, 0.1) is 13.0 Å². The number of ether oxygens (including phenoxy) is 3. The molecule has 2 aliphatic rings. The zero-order chi connectivity index (χ0) is 22.9. The summed E-state index contributed by atoms with van der Waals surface area (Å²) >= 11 is 0. The van der Waals surface area contributed by atoms with Gasteiger partial charge >= 0.3 is 5.97 Å². The first-order valence-corrected chi connectivity index (χ1v) is 11.6. The molecule has 32 heavy (non-hydrogen) atoms. The number of nitrogens with zero attached hydrogens (tertiary/aromatic N) is 1. The first-order chi connectivity index (χ1) is 15.2. The molecule has 4 rings (SSSR count). The summed E-state index contributed by atoms with van der Waals surface area (Å²) in [4.78, 5) is 14.4. The summed E-state index contributed by atoms with van der Waals surface area (Å²) in [5, 5.41) is 0. The van der Waals surface area contributed by atoms with Crippen LogP contribution in [-0.2, 0) is 14.9 Å². The average Bonchev–Trinajstić information content (AvgIpc) is 3.07. The SMILES string of the molecule is Cc1cccc(C)c1Oc1ccc2c(c1)OCC21CCN(CCC(=O)OC(C)(C)C)CC1. The average molecular weight is 438 g/mol. The Balaban J connectivity index is 1.37. The lowest BCUT2D eigenvalue weighted by Gasteiger charge is -2.38. The van der Waals surface area contributed by atoms with Gasteiger partial charge in [-0.3, -0.25) is 4.79 Å². The van der Waals surface area contributed by atoms with E-state index in [4.69, 9.17) is 14.2 Å². The Morgan fingerprint density at radius 2 is 1.78 bits per heavy atom. The van der Waals surface area contributed by atoms with E-state index in [9.17, 15) is 4.79 Å². The predicted octanol–water partition coefficient (Wildman–Crippen LogP) is 5.55. The molecule has 0 saturated carbocycles. The number of carbonyl (C=O) groups excluding carboxylic acids is 1. The van der Waals surface area contributed by atoms with Crippen LogP contribution in [0.1, 0.15) is 56.7 Å². The van der Waals surface area contributed by atoms with E-state index in [1.54, 1.807) is 0 Å². The molecule has 1 spiro atoms. The van der Waals surface area contributed by atoms with Crippen molar-refractivity contribution in [3.8, 4) is 17.2 Å². The maximum Gasteiger partial charge on any atom is 0.307 e. The maximum absolute atomic E-state index is 12.0. The molecule has 1 fully saturated rings. The van der Waals surface area contributed by atoms with Gasteiger partial charge in [0.15, 0.2) is 0 Å². The van der Waals surface area contributed by atoms with Crippen molar-refractivity contribution in [3.05, 3.63) is 53.1 Å². The molecule has 0 atom stereocenters. The van der Waals surface area contributed by atoms with Crippen molar-refractivity contribution in [2.75, 3.05) is 26.2 Å². The molecule has 0 radical (unpaired) electrons. The van der Waals surface area contributed by atoms with Crippen LogP contribution in [0.15, 0.2) is 36.4 Å². The molecule has 2 aromatic rings. The third kappa shape index (κ3) is 4.93. The van der Waals surface area contributed by atoms with Crippen molar-refractivity contribution < 1.29 is 19.0 Å². The highest BCUT2D eigenvalue weighted by Crippen LogP contribution is 2.47. The summed E-state index contributed by atoms with van der Waals surface area (Å²) in [5.41, 5.74) is 3.19. The molecule has 5 heteroatoms. The number of likely N-dealkylation sites (tertiary alicyclic amines) is 1. The van der Waals surface area contributed by atoms with Crippen LogP contribution in [-0.4, -0.2) is 42.7 Å². The van der Waals surface area contributed by atoms with E-state index >= 15 is 0 Å². The molecule has 0 N–H and O–H groups in total. The standard InChI is InChI=1S/C27H35NO4/c1-19-7-6-8-20(2)25(19)31-21-9-10-22-23(17-21)30-18-27(22)12-15-28(16-13-27)14-11-24(29)32-26(3,4)5/h6-10,17H,11-16,18H2,1-5H3. The second-order valence-corrected chi connectivity index (χ2v) is 10.2. The van der Waals surface area contributed by atoms with Gasteiger partial charge in [-0.1, -0.05) is 24.3 Å². The van der Waals surface area contributed by atoms with Crippen LogP contribution in [0.25, 0.3) is 0 Å². The monoisotopic (exact) mass is 437 g/mol. The van der Waals surface area contributed by atoms with Crippen molar-refractivity contribution in [3.63, 3.8) is 0 Å². The number of fused-ring (bicyclic) bond motifs is 2. The van der Waals surface area contributed by atoms with Gasteiger partial charge in [0.25, 0.3) is 0 Å². The minimum absolute atomic E-state index is 0.0643. The second-order valence-electron chi connectivity index (χ2n) is 10.2. The van der Waals surface area contributed by atoms with E-state index in [0.29, 0.717) is 6.42 Å². The number of piperidine rings is 1.